The van der Waals surface area contributed by atoms with Crippen molar-refractivity contribution in [3.8, 4) is 0 Å². The molecule has 1 fully saturated rings. The first kappa shape index (κ1) is 32.5. The van der Waals surface area contributed by atoms with E-state index in [4.69, 9.17) is 16.0 Å². The van der Waals surface area contributed by atoms with Crippen LogP contribution in [0, 0.1) is 6.57 Å². The zero-order valence-electron chi connectivity index (χ0n) is 26.7. The molecule has 0 radical (unpaired) electrons. The lowest BCUT2D eigenvalue weighted by Gasteiger charge is -2.34. The monoisotopic (exact) mass is 605 g/mol. The second kappa shape index (κ2) is 13.9. The van der Waals surface area contributed by atoms with Crippen molar-refractivity contribution in [1.82, 2.24) is 14.5 Å². The van der Waals surface area contributed by atoms with E-state index in [0.29, 0.717) is 25.6 Å². The van der Waals surface area contributed by atoms with Gasteiger partial charge in [-0.15, -0.1) is 0 Å². The lowest BCUT2D eigenvalue weighted by Crippen LogP contribution is -2.41. The van der Waals surface area contributed by atoms with Gasteiger partial charge in [0.25, 0.3) is 11.6 Å². The summed E-state index contributed by atoms with van der Waals surface area (Å²) >= 11 is 0. The highest BCUT2D eigenvalue weighted by Crippen LogP contribution is 2.37. The van der Waals surface area contributed by atoms with Gasteiger partial charge in [0.1, 0.15) is 12.3 Å². The van der Waals surface area contributed by atoms with E-state index in [-0.39, 0.29) is 30.4 Å². The molecule has 1 aromatic carbocycles. The number of ether oxygens (including phenoxy) is 2. The molecule has 232 valence electrons. The quantitative estimate of drug-likeness (QED) is 0.177. The predicted octanol–water partition coefficient (Wildman–Crippen LogP) is 8.07. The maximum Gasteiger partial charge on any atom is 0.410 e. The van der Waals surface area contributed by atoms with Crippen molar-refractivity contribution in [2.45, 2.75) is 103 Å². The summed E-state index contributed by atoms with van der Waals surface area (Å²) in [7, 11) is -1.25. The van der Waals surface area contributed by atoms with Crippen LogP contribution in [0.25, 0.3) is 10.4 Å². The lowest BCUT2D eigenvalue weighted by atomic mass is 9.85. The van der Waals surface area contributed by atoms with Crippen molar-refractivity contribution in [2.75, 3.05) is 25.0 Å². The zero-order chi connectivity index (χ0) is 31.2. The Morgan fingerprint density at radius 1 is 1.16 bits per heavy atom. The lowest BCUT2D eigenvalue weighted by molar-refractivity contribution is 0.0204. The Balaban J connectivity index is 1.51. The molecule has 0 spiro atoms. The minimum absolute atomic E-state index is 0.168. The maximum atomic E-state index is 13.6. The van der Waals surface area contributed by atoms with Crippen molar-refractivity contribution in [2.24, 2.45) is 0 Å². The molecule has 4 rings (SSSR count). The summed E-state index contributed by atoms with van der Waals surface area (Å²) in [6.45, 7) is 22.1. The summed E-state index contributed by atoms with van der Waals surface area (Å²) in [5.41, 5.74) is 3.73. The first-order valence-electron chi connectivity index (χ1n) is 15.5. The molecule has 0 bridgehead atoms. The van der Waals surface area contributed by atoms with E-state index in [2.05, 4.69) is 53.0 Å². The van der Waals surface area contributed by atoms with Crippen LogP contribution in [-0.2, 0) is 16.2 Å². The zero-order valence-corrected chi connectivity index (χ0v) is 27.7. The van der Waals surface area contributed by atoms with Crippen molar-refractivity contribution < 1.29 is 19.1 Å². The molecule has 1 aromatic heterocycles. The minimum Gasteiger partial charge on any atom is -0.444 e. The smallest absolute Gasteiger partial charge is 0.410 e. The van der Waals surface area contributed by atoms with Crippen LogP contribution in [-0.4, -0.2) is 59.8 Å². The van der Waals surface area contributed by atoms with Crippen LogP contribution in [0.3, 0.4) is 0 Å². The van der Waals surface area contributed by atoms with E-state index < -0.39 is 13.7 Å². The summed E-state index contributed by atoms with van der Waals surface area (Å²) in [5, 5.41) is 3.11. The first-order chi connectivity index (χ1) is 20.3. The fourth-order valence-corrected chi connectivity index (χ4v) is 6.21. The number of benzene rings is 1. The Labute approximate surface area is 257 Å². The molecule has 43 heavy (non-hydrogen) atoms. The second-order valence-corrected chi connectivity index (χ2v) is 19.4. The number of carbonyl (C=O) groups is 2. The van der Waals surface area contributed by atoms with E-state index in [1.165, 1.54) is 17.6 Å². The van der Waals surface area contributed by atoms with Crippen LogP contribution in [0.2, 0.25) is 25.7 Å². The van der Waals surface area contributed by atoms with Crippen LogP contribution in [0.5, 0.6) is 0 Å². The number of carbonyl (C=O) groups excluding carboxylic acids is 2. The van der Waals surface area contributed by atoms with E-state index >= 15 is 0 Å². The van der Waals surface area contributed by atoms with Gasteiger partial charge in [-0.3, -0.25) is 9.36 Å². The average molecular weight is 606 g/mol. The topological polar surface area (TPSA) is 90.1 Å². The number of nitrogens with zero attached hydrogens (tertiary/aromatic N) is 4. The molecule has 0 unspecified atom stereocenters. The largest absolute Gasteiger partial charge is 0.444 e. The molecular weight excluding hydrogens is 558 g/mol. The molecule has 2 aromatic rings. The van der Waals surface area contributed by atoms with E-state index in [1.807, 2.05) is 26.8 Å². The number of imidazole rings is 1. The van der Waals surface area contributed by atoms with Crippen LogP contribution in [0.4, 0.5) is 16.3 Å². The van der Waals surface area contributed by atoms with E-state index in [1.54, 1.807) is 15.7 Å². The average Bonchev–Trinajstić information content (AvgIpc) is 3.38. The van der Waals surface area contributed by atoms with Gasteiger partial charge in [-0.2, -0.15) is 0 Å². The molecule has 1 aliphatic carbocycles. The van der Waals surface area contributed by atoms with Gasteiger partial charge in [-0.05, 0) is 94.5 Å². The van der Waals surface area contributed by atoms with Gasteiger partial charge in [0.2, 0.25) is 0 Å². The molecule has 10 heteroatoms. The van der Waals surface area contributed by atoms with Gasteiger partial charge >= 0.3 is 12.0 Å². The Hall–Kier alpha value is -3.42. The SMILES string of the molecule is [C-]#[N+]c1cn(COCC[Si](C)(C)C)c(C(=O)Nc2ccc(C3CCN(C(=O)OC(C)(C)C)CC3)cc2C2=CCCCC2)n1. The number of anilines is 1. The number of amides is 2. The van der Waals surface area contributed by atoms with Crippen LogP contribution < -0.4 is 5.32 Å². The van der Waals surface area contributed by atoms with Crippen molar-refractivity contribution in [3.05, 3.63) is 58.8 Å². The number of allylic oxidation sites excluding steroid dienone is 2. The van der Waals surface area contributed by atoms with Crippen LogP contribution >= 0.6 is 0 Å². The highest BCUT2D eigenvalue weighted by atomic mass is 28.3. The van der Waals surface area contributed by atoms with Crippen LogP contribution in [0.15, 0.2) is 30.5 Å². The summed E-state index contributed by atoms with van der Waals surface area (Å²) in [4.78, 5) is 35.7. The van der Waals surface area contributed by atoms with Gasteiger partial charge in [-0.1, -0.05) is 43.3 Å². The summed E-state index contributed by atoms with van der Waals surface area (Å²) < 4.78 is 13.1. The summed E-state index contributed by atoms with van der Waals surface area (Å²) in [6, 6.07) is 7.32. The standard InChI is InChI=1S/C33H47N5O4Si/c1-33(2,3)42-32(40)37-17-15-24(16-18-37)26-13-14-28(27(21-26)25-11-9-8-10-12-25)35-31(39)30-36-29(34-4)22-38(30)23-41-19-20-43(5,6)7/h11,13-14,21-22,24H,8-10,12,15-20,23H2,1-3,5-7H3,(H,35,39). The van der Waals surface area contributed by atoms with E-state index in [9.17, 15) is 9.59 Å². The number of rotatable bonds is 9. The summed E-state index contributed by atoms with van der Waals surface area (Å²) in [5.74, 6) is 0.294. The molecule has 1 saturated heterocycles. The Bertz CT molecular complexity index is 1370. The molecule has 2 heterocycles. The summed E-state index contributed by atoms with van der Waals surface area (Å²) in [6.07, 6.45) is 9.60. The molecular formula is C33H47N5O4Si. The van der Waals surface area contributed by atoms with Crippen molar-refractivity contribution in [1.29, 1.82) is 0 Å². The highest BCUT2D eigenvalue weighted by Gasteiger charge is 2.29. The maximum absolute atomic E-state index is 13.6. The minimum atomic E-state index is -1.25. The molecule has 0 saturated carbocycles. The fraction of sp³-hybridized carbons (Fsp3) is 0.576. The van der Waals surface area contributed by atoms with Crippen molar-refractivity contribution in [3.63, 3.8) is 0 Å². The molecule has 9 nitrogen and oxygen atoms in total. The first-order valence-corrected chi connectivity index (χ1v) is 19.2. The number of likely N-dealkylation sites (tertiary alicyclic amines) is 1. The highest BCUT2D eigenvalue weighted by molar-refractivity contribution is 6.76. The number of hydrogen-bond acceptors (Lipinski definition) is 5. The number of aromatic nitrogens is 2. The third kappa shape index (κ3) is 9.28. The fourth-order valence-electron chi connectivity index (χ4n) is 5.45. The van der Waals surface area contributed by atoms with E-state index in [0.717, 1.165) is 49.4 Å². The molecule has 2 amide bonds. The molecule has 0 atom stereocenters. The van der Waals surface area contributed by atoms with Crippen molar-refractivity contribution >= 4 is 37.2 Å². The van der Waals surface area contributed by atoms with Gasteiger partial charge in [0, 0.05) is 45.2 Å². The third-order valence-corrected chi connectivity index (χ3v) is 9.56. The predicted molar refractivity (Wildman–Crippen MR) is 173 cm³/mol. The Morgan fingerprint density at radius 2 is 1.91 bits per heavy atom. The third-order valence-electron chi connectivity index (χ3n) is 7.86. The second-order valence-electron chi connectivity index (χ2n) is 13.8. The van der Waals surface area contributed by atoms with Crippen LogP contribution in [0.1, 0.15) is 87.0 Å². The molecule has 2 aliphatic rings. The van der Waals surface area contributed by atoms with Gasteiger partial charge < -0.3 is 24.5 Å². The number of nitrogens with one attached hydrogen (secondary N) is 1. The van der Waals surface area contributed by atoms with Gasteiger partial charge in [0.15, 0.2) is 0 Å². The molecule has 1 N–H and O–H groups in total. The van der Waals surface area contributed by atoms with Gasteiger partial charge in [-0.25, -0.2) is 4.79 Å². The Morgan fingerprint density at radius 3 is 2.53 bits per heavy atom. The number of piperidine rings is 1. The number of hydrogen-bond donors (Lipinski definition) is 1. The van der Waals surface area contributed by atoms with Gasteiger partial charge in [0.05, 0.1) is 0 Å². The normalized spacial score (nSPS) is 16.4. The molecule has 1 aliphatic heterocycles. The Kier molecular flexibility index (Phi) is 10.5.